The number of fused-ring (bicyclic) bond motifs is 3. The molecule has 7 rings (SSSR count). The van der Waals surface area contributed by atoms with Gasteiger partial charge in [0, 0.05) is 65.2 Å². The maximum atomic E-state index is 3.68. The van der Waals surface area contributed by atoms with Gasteiger partial charge in [-0.2, -0.15) is 0 Å². The molecule has 0 radical (unpaired) electrons. The minimum absolute atomic E-state index is 0.0730. The lowest BCUT2D eigenvalue weighted by atomic mass is 9.70. The quantitative estimate of drug-likeness (QED) is 0.0213. The molecular weight excluding hydrogens is 1170 g/mol. The highest BCUT2D eigenvalue weighted by Crippen LogP contribution is 2.55. The third-order valence-electron chi connectivity index (χ3n) is 20.9. The zero-order valence-corrected chi connectivity index (χ0v) is 62.5. The van der Waals surface area contributed by atoms with Crippen molar-refractivity contribution >= 4 is 35.7 Å². The molecule has 0 spiro atoms. The molecule has 2 nitrogen and oxygen atoms in total. The Morgan fingerprint density at radius 2 is 0.474 bits per heavy atom. The fraction of sp³-hybridized carbons (Fsp3) is 0.537. The van der Waals surface area contributed by atoms with Gasteiger partial charge in [0.1, 0.15) is 0 Å². The Labute approximate surface area is 595 Å². The molecule has 2 heteroatoms. The van der Waals surface area contributed by atoms with Crippen LogP contribution in [0.15, 0.2) is 133 Å². The third kappa shape index (κ3) is 28.4. The number of benzene rings is 6. The number of rotatable bonds is 50. The van der Waals surface area contributed by atoms with E-state index in [4.69, 9.17) is 0 Å². The van der Waals surface area contributed by atoms with E-state index in [9.17, 15) is 0 Å². The first kappa shape index (κ1) is 77.9. The third-order valence-corrected chi connectivity index (χ3v) is 20.9. The van der Waals surface area contributed by atoms with E-state index in [1.54, 1.807) is 0 Å². The molecule has 0 saturated heterocycles. The summed E-state index contributed by atoms with van der Waals surface area (Å²) in [5.41, 5.74) is 17.6. The number of hydrogen-bond acceptors (Lipinski definition) is 2. The van der Waals surface area contributed by atoms with Gasteiger partial charge in [0.25, 0.3) is 0 Å². The van der Waals surface area contributed by atoms with Gasteiger partial charge in [-0.1, -0.05) is 368 Å². The summed E-state index contributed by atoms with van der Waals surface area (Å²) in [6, 6.07) is 50.7. The molecule has 0 saturated carbocycles. The molecule has 6 aromatic carbocycles. The minimum atomic E-state index is -0.0730. The Balaban J connectivity index is 1.05. The Bertz CT molecular complexity index is 2990. The Kier molecular flexibility index (Phi) is 38.1. The lowest BCUT2D eigenvalue weighted by molar-refractivity contribution is 0.397. The second-order valence-electron chi connectivity index (χ2n) is 29.0. The molecule has 0 amide bonds. The first-order valence-electron chi connectivity index (χ1n) is 40.5. The summed E-state index contributed by atoms with van der Waals surface area (Å²) >= 11 is 0. The maximum Gasteiger partial charge on any atom is 0.0366 e. The highest BCUT2D eigenvalue weighted by Gasteiger charge is 2.42. The summed E-state index contributed by atoms with van der Waals surface area (Å²) in [5.74, 6) is 14.6. The van der Waals surface area contributed by atoms with Gasteiger partial charge in [-0.3, -0.25) is 0 Å². The van der Waals surface area contributed by atoms with Crippen molar-refractivity contribution in [3.05, 3.63) is 189 Å². The van der Waals surface area contributed by atoms with E-state index < -0.39 is 0 Å². The Morgan fingerprint density at radius 3 is 0.753 bits per heavy atom. The van der Waals surface area contributed by atoms with Crippen LogP contribution >= 0.6 is 0 Å². The van der Waals surface area contributed by atoms with Gasteiger partial charge in [-0.05, 0) is 156 Å². The predicted molar refractivity (Wildman–Crippen MR) is 431 cm³/mol. The van der Waals surface area contributed by atoms with Gasteiger partial charge < -0.3 is 9.80 Å². The molecule has 522 valence electrons. The van der Waals surface area contributed by atoms with Crippen LogP contribution in [0.25, 0.3) is 35.4 Å². The van der Waals surface area contributed by atoms with E-state index in [0.29, 0.717) is 0 Å². The summed E-state index contributed by atoms with van der Waals surface area (Å²) in [4.78, 5) is 5.32. The van der Waals surface area contributed by atoms with Crippen LogP contribution in [0.2, 0.25) is 0 Å². The summed E-state index contributed by atoms with van der Waals surface area (Å²) in [7, 11) is 0. The van der Waals surface area contributed by atoms with Crippen molar-refractivity contribution < 1.29 is 0 Å². The normalized spacial score (nSPS) is 12.2. The first-order valence-corrected chi connectivity index (χ1v) is 40.5. The van der Waals surface area contributed by atoms with Crippen molar-refractivity contribution in [2.75, 3.05) is 36.0 Å². The monoisotopic (exact) mass is 1300 g/mol. The van der Waals surface area contributed by atoms with Crippen LogP contribution in [0.5, 0.6) is 0 Å². The van der Waals surface area contributed by atoms with Crippen molar-refractivity contribution in [3.8, 4) is 34.8 Å². The fourth-order valence-corrected chi connectivity index (χ4v) is 14.8. The summed E-state index contributed by atoms with van der Waals surface area (Å²) in [6.07, 6.45) is 61.9. The van der Waals surface area contributed by atoms with Crippen molar-refractivity contribution in [3.63, 3.8) is 0 Å². The van der Waals surface area contributed by atoms with Crippen LogP contribution in [0.4, 0.5) is 11.4 Å². The number of unbranched alkanes of at least 4 members (excludes halogenated alkanes) is 32. The zero-order chi connectivity index (χ0) is 68.1. The summed E-state index contributed by atoms with van der Waals surface area (Å²) < 4.78 is 0. The molecule has 0 unspecified atom stereocenters. The van der Waals surface area contributed by atoms with Gasteiger partial charge in [0.05, 0.1) is 0 Å². The van der Waals surface area contributed by atoms with Crippen LogP contribution in [0.1, 0.15) is 354 Å². The van der Waals surface area contributed by atoms with E-state index in [2.05, 4.69) is 233 Å². The summed E-state index contributed by atoms with van der Waals surface area (Å²) in [5, 5.41) is 0. The summed E-state index contributed by atoms with van der Waals surface area (Å²) in [6.45, 7) is 18.5. The Morgan fingerprint density at radius 1 is 0.247 bits per heavy atom. The van der Waals surface area contributed by atoms with Gasteiger partial charge in [-0.15, -0.1) is 0 Å². The second kappa shape index (κ2) is 47.5. The molecule has 0 fully saturated rings. The molecule has 0 aliphatic heterocycles. The molecule has 0 N–H and O–H groups in total. The predicted octanol–water partition coefficient (Wildman–Crippen LogP) is 28.4. The van der Waals surface area contributed by atoms with Crippen molar-refractivity contribution in [2.45, 2.75) is 304 Å². The minimum Gasteiger partial charge on any atom is -0.372 e. The largest absolute Gasteiger partial charge is 0.372 e. The molecule has 0 bridgehead atoms. The van der Waals surface area contributed by atoms with Crippen LogP contribution < -0.4 is 9.80 Å². The molecular formula is C95H132N2. The molecule has 97 heavy (non-hydrogen) atoms. The van der Waals surface area contributed by atoms with E-state index >= 15 is 0 Å². The van der Waals surface area contributed by atoms with Crippen LogP contribution in [-0.2, 0) is 5.41 Å². The Hall–Kier alpha value is -6.48. The number of anilines is 2. The molecule has 6 aromatic rings. The van der Waals surface area contributed by atoms with Crippen LogP contribution in [0.3, 0.4) is 0 Å². The lowest BCUT2D eigenvalue weighted by Gasteiger charge is -2.33. The maximum absolute atomic E-state index is 3.68. The van der Waals surface area contributed by atoms with Gasteiger partial charge in [0.15, 0.2) is 0 Å². The average Bonchev–Trinajstić information content (AvgIpc) is 1.57. The zero-order valence-electron chi connectivity index (χ0n) is 62.5. The van der Waals surface area contributed by atoms with Gasteiger partial charge >= 0.3 is 0 Å². The van der Waals surface area contributed by atoms with Crippen LogP contribution in [-0.4, -0.2) is 26.2 Å². The standard InChI is InChI=1S/C95H132N2/c1-7-13-19-25-31-33-39-73-95(74-40-34-32-26-20-14-8-2)93-79-87(59-57-83-49-45-81(46-50-83)53-55-85-61-67-89(68-62-85)96(75-41-35-27-21-15-9-3)76-42-36-28-22-16-10-4)65-71-91(93)92-72-66-88(80-94(92)95)60-58-84-51-47-82(48-52-84)54-56-86-63-69-90(70-64-86)97(77-43-37-29-23-17-11-5)78-44-38-30-24-18-12-6/h45-56,61-72,79-80H,7-44,73-78H2,1-6H3/b55-53+,56-54+. The van der Waals surface area contributed by atoms with Crippen molar-refractivity contribution in [1.29, 1.82) is 0 Å². The SMILES string of the molecule is CCCCCCCCCC1(CCCCCCCCC)c2cc(C#Cc3ccc(/C=C/c4ccc(N(CCCCCCCC)CCCCCCCC)cc4)cc3)ccc2-c2ccc(C#Cc3ccc(/C=C/c4ccc(N(CCCCCCCC)CCCCCCCC)cc4)cc3)cc21. The first-order chi connectivity index (χ1) is 47.9. The number of nitrogens with zero attached hydrogens (tertiary/aromatic N) is 2. The van der Waals surface area contributed by atoms with Crippen molar-refractivity contribution in [1.82, 2.24) is 0 Å². The molecule has 0 heterocycles. The molecule has 0 atom stereocenters. The number of hydrogen-bond donors (Lipinski definition) is 0. The fourth-order valence-electron chi connectivity index (χ4n) is 14.8. The van der Waals surface area contributed by atoms with Crippen molar-refractivity contribution in [2.24, 2.45) is 0 Å². The lowest BCUT2D eigenvalue weighted by Crippen LogP contribution is -2.26. The molecule has 1 aliphatic rings. The topological polar surface area (TPSA) is 6.48 Å². The van der Waals surface area contributed by atoms with E-state index in [-0.39, 0.29) is 5.41 Å². The molecule has 1 aliphatic carbocycles. The van der Waals surface area contributed by atoms with E-state index in [0.717, 1.165) is 61.3 Å². The molecule has 0 aromatic heterocycles. The van der Waals surface area contributed by atoms with Gasteiger partial charge in [-0.25, -0.2) is 0 Å². The van der Waals surface area contributed by atoms with Gasteiger partial charge in [0.2, 0.25) is 0 Å². The smallest absolute Gasteiger partial charge is 0.0366 e. The highest BCUT2D eigenvalue weighted by molar-refractivity contribution is 5.83. The second-order valence-corrected chi connectivity index (χ2v) is 29.0. The highest BCUT2D eigenvalue weighted by atomic mass is 15.1. The average molecular weight is 1300 g/mol. The van der Waals surface area contributed by atoms with E-state index in [1.165, 1.54) is 300 Å². The van der Waals surface area contributed by atoms with E-state index in [1.807, 2.05) is 0 Å². The van der Waals surface area contributed by atoms with Crippen LogP contribution in [0, 0.1) is 23.7 Å².